The molecule has 1 aromatic rings. The first kappa shape index (κ1) is 20.4. The van der Waals surface area contributed by atoms with E-state index >= 15 is 0 Å². The van der Waals surface area contributed by atoms with Crippen molar-refractivity contribution < 1.29 is 22.7 Å². The summed E-state index contributed by atoms with van der Waals surface area (Å²) in [6, 6.07) is 5.84. The van der Waals surface area contributed by atoms with E-state index < -0.39 is 16.0 Å². The largest absolute Gasteiger partial charge is 0.452 e. The maximum absolute atomic E-state index is 12.5. The number of amides is 1. The van der Waals surface area contributed by atoms with Crippen molar-refractivity contribution in [3.05, 3.63) is 29.8 Å². The summed E-state index contributed by atoms with van der Waals surface area (Å²) in [5.74, 6) is -1.06. The number of carbonyl (C=O) groups excluding carboxylic acids is 2. The van der Waals surface area contributed by atoms with Crippen molar-refractivity contribution >= 4 is 21.9 Å². The van der Waals surface area contributed by atoms with E-state index in [1.807, 2.05) is 0 Å². The molecule has 144 valence electrons. The zero-order chi connectivity index (χ0) is 19.2. The lowest BCUT2D eigenvalue weighted by Gasteiger charge is -2.18. The van der Waals surface area contributed by atoms with Gasteiger partial charge in [0.2, 0.25) is 10.0 Å². The predicted molar refractivity (Wildman–Crippen MR) is 97.2 cm³/mol. The quantitative estimate of drug-likeness (QED) is 0.694. The third kappa shape index (κ3) is 5.04. The lowest BCUT2D eigenvalue weighted by Crippen LogP contribution is -2.35. The van der Waals surface area contributed by atoms with E-state index in [1.165, 1.54) is 28.6 Å². The first-order chi connectivity index (χ1) is 12.4. The standard InChI is InChI=1S/C18H26N2O5S/c1-3-20(4-2)26(23,24)16-11-7-8-14(12-16)18(22)25-13-17(21)19-15-9-5-6-10-15/h7-8,11-12,15H,3-6,9-10,13H2,1-2H3,(H,19,21). The summed E-state index contributed by atoms with van der Waals surface area (Å²) in [6.45, 7) is 3.82. The molecule has 0 unspecified atom stereocenters. The van der Waals surface area contributed by atoms with Crippen molar-refractivity contribution in [3.8, 4) is 0 Å². The number of nitrogens with one attached hydrogen (secondary N) is 1. The Balaban J connectivity index is 2.00. The number of esters is 1. The minimum absolute atomic E-state index is 0.0334. The number of sulfonamides is 1. The van der Waals surface area contributed by atoms with E-state index in [4.69, 9.17) is 4.74 Å². The van der Waals surface area contributed by atoms with Crippen molar-refractivity contribution in [1.29, 1.82) is 0 Å². The molecule has 1 amide bonds. The Morgan fingerprint density at radius 1 is 1.19 bits per heavy atom. The summed E-state index contributed by atoms with van der Waals surface area (Å²) in [4.78, 5) is 24.0. The molecule has 1 aliphatic rings. The molecule has 0 spiro atoms. The maximum atomic E-state index is 12.5. The van der Waals surface area contributed by atoms with Crippen LogP contribution in [0.15, 0.2) is 29.2 Å². The van der Waals surface area contributed by atoms with Crippen LogP contribution in [0.4, 0.5) is 0 Å². The SMILES string of the molecule is CCN(CC)S(=O)(=O)c1cccc(C(=O)OCC(=O)NC2CCCC2)c1. The zero-order valence-corrected chi connectivity index (χ0v) is 16.0. The normalized spacial score (nSPS) is 15.2. The van der Waals surface area contributed by atoms with Crippen LogP contribution in [0.25, 0.3) is 0 Å². The van der Waals surface area contributed by atoms with E-state index in [-0.39, 0.29) is 29.0 Å². The van der Waals surface area contributed by atoms with Gasteiger partial charge in [0, 0.05) is 19.1 Å². The van der Waals surface area contributed by atoms with Crippen LogP contribution in [0.1, 0.15) is 49.9 Å². The van der Waals surface area contributed by atoms with Gasteiger partial charge in [-0.15, -0.1) is 0 Å². The average molecular weight is 382 g/mol. The van der Waals surface area contributed by atoms with Gasteiger partial charge in [0.25, 0.3) is 5.91 Å². The van der Waals surface area contributed by atoms with Gasteiger partial charge in [0.05, 0.1) is 10.5 Å². The number of ether oxygens (including phenoxy) is 1. The second-order valence-electron chi connectivity index (χ2n) is 6.24. The number of benzene rings is 1. The van der Waals surface area contributed by atoms with Crippen molar-refractivity contribution in [2.45, 2.75) is 50.5 Å². The molecular weight excluding hydrogens is 356 g/mol. The molecule has 8 heteroatoms. The Morgan fingerprint density at radius 2 is 1.85 bits per heavy atom. The Morgan fingerprint density at radius 3 is 2.46 bits per heavy atom. The van der Waals surface area contributed by atoms with Gasteiger partial charge in [0.15, 0.2) is 6.61 Å². The number of hydrogen-bond donors (Lipinski definition) is 1. The third-order valence-corrected chi connectivity index (χ3v) is 6.51. The highest BCUT2D eigenvalue weighted by molar-refractivity contribution is 7.89. The summed E-state index contributed by atoms with van der Waals surface area (Å²) in [5.41, 5.74) is 0.104. The average Bonchev–Trinajstić information content (AvgIpc) is 3.13. The highest BCUT2D eigenvalue weighted by Gasteiger charge is 2.23. The summed E-state index contributed by atoms with van der Waals surface area (Å²) in [6.07, 6.45) is 4.09. The fourth-order valence-corrected chi connectivity index (χ4v) is 4.55. The summed E-state index contributed by atoms with van der Waals surface area (Å²) in [7, 11) is -3.66. The van der Waals surface area contributed by atoms with E-state index in [2.05, 4.69) is 5.32 Å². The molecule has 0 bridgehead atoms. The zero-order valence-electron chi connectivity index (χ0n) is 15.2. The van der Waals surface area contributed by atoms with Gasteiger partial charge in [-0.25, -0.2) is 13.2 Å². The molecule has 0 atom stereocenters. The second-order valence-corrected chi connectivity index (χ2v) is 8.18. The fraction of sp³-hybridized carbons (Fsp3) is 0.556. The maximum Gasteiger partial charge on any atom is 0.338 e. The lowest BCUT2D eigenvalue weighted by atomic mass is 10.2. The van der Waals surface area contributed by atoms with Crippen LogP contribution in [0.3, 0.4) is 0 Å². The minimum atomic E-state index is -3.66. The number of rotatable bonds is 8. The van der Waals surface area contributed by atoms with Crippen LogP contribution in [0, 0.1) is 0 Å². The molecule has 1 N–H and O–H groups in total. The highest BCUT2D eigenvalue weighted by atomic mass is 32.2. The molecule has 26 heavy (non-hydrogen) atoms. The smallest absolute Gasteiger partial charge is 0.338 e. The van der Waals surface area contributed by atoms with Gasteiger partial charge in [0.1, 0.15) is 0 Å². The first-order valence-electron chi connectivity index (χ1n) is 8.95. The van der Waals surface area contributed by atoms with Crippen molar-refractivity contribution in [2.24, 2.45) is 0 Å². The van der Waals surface area contributed by atoms with Crippen molar-refractivity contribution in [3.63, 3.8) is 0 Å². The second kappa shape index (κ2) is 9.14. The molecule has 7 nitrogen and oxygen atoms in total. The van der Waals surface area contributed by atoms with Gasteiger partial charge in [-0.2, -0.15) is 4.31 Å². The minimum Gasteiger partial charge on any atom is -0.452 e. The van der Waals surface area contributed by atoms with Gasteiger partial charge in [-0.1, -0.05) is 32.8 Å². The summed E-state index contributed by atoms with van der Waals surface area (Å²) >= 11 is 0. The molecule has 1 aromatic carbocycles. The van der Waals surface area contributed by atoms with Crippen LogP contribution in [0.5, 0.6) is 0 Å². The third-order valence-electron chi connectivity index (χ3n) is 4.47. The monoisotopic (exact) mass is 382 g/mol. The van der Waals surface area contributed by atoms with Crippen molar-refractivity contribution in [2.75, 3.05) is 19.7 Å². The highest BCUT2D eigenvalue weighted by Crippen LogP contribution is 2.18. The number of carbonyl (C=O) groups is 2. The molecule has 0 aliphatic heterocycles. The first-order valence-corrected chi connectivity index (χ1v) is 10.4. The predicted octanol–water partition coefficient (Wildman–Crippen LogP) is 1.93. The molecule has 1 fully saturated rings. The Labute approximate surface area is 154 Å². The Hall–Kier alpha value is -1.93. The van der Waals surface area contributed by atoms with Crippen LogP contribution >= 0.6 is 0 Å². The lowest BCUT2D eigenvalue weighted by molar-refractivity contribution is -0.124. The van der Waals surface area contributed by atoms with Gasteiger partial charge < -0.3 is 10.1 Å². The van der Waals surface area contributed by atoms with Crippen LogP contribution in [-0.2, 0) is 19.6 Å². The van der Waals surface area contributed by atoms with E-state index in [9.17, 15) is 18.0 Å². The molecule has 0 aromatic heterocycles. The molecule has 0 saturated heterocycles. The van der Waals surface area contributed by atoms with Gasteiger partial charge >= 0.3 is 5.97 Å². The molecular formula is C18H26N2O5S. The molecule has 1 saturated carbocycles. The van der Waals surface area contributed by atoms with Gasteiger partial charge in [-0.3, -0.25) is 4.79 Å². The van der Waals surface area contributed by atoms with Crippen molar-refractivity contribution in [1.82, 2.24) is 9.62 Å². The van der Waals surface area contributed by atoms with E-state index in [0.29, 0.717) is 13.1 Å². The summed E-state index contributed by atoms with van der Waals surface area (Å²) < 4.78 is 31.4. The molecule has 1 aliphatic carbocycles. The van der Waals surface area contributed by atoms with Crippen LogP contribution in [0.2, 0.25) is 0 Å². The fourth-order valence-electron chi connectivity index (χ4n) is 3.05. The Kier molecular flexibility index (Phi) is 7.16. The van der Waals surface area contributed by atoms with E-state index in [1.54, 1.807) is 13.8 Å². The van der Waals surface area contributed by atoms with Crippen LogP contribution < -0.4 is 5.32 Å². The molecule has 0 heterocycles. The summed E-state index contributed by atoms with van der Waals surface area (Å²) in [5, 5.41) is 2.83. The van der Waals surface area contributed by atoms with E-state index in [0.717, 1.165) is 25.7 Å². The molecule has 0 radical (unpaired) electrons. The Bertz CT molecular complexity index is 738. The molecule has 2 rings (SSSR count). The number of hydrogen-bond acceptors (Lipinski definition) is 5. The number of nitrogens with zero attached hydrogens (tertiary/aromatic N) is 1. The van der Waals surface area contributed by atoms with Gasteiger partial charge in [-0.05, 0) is 31.0 Å². The topological polar surface area (TPSA) is 92.8 Å². The van der Waals surface area contributed by atoms with Crippen LogP contribution in [-0.4, -0.2) is 50.3 Å².